The Labute approximate surface area is 101 Å². The van der Waals surface area contributed by atoms with E-state index in [4.69, 9.17) is 5.26 Å². The number of carbonyl (C=O) groups is 1. The standard InChI is InChI=1S/C11H17N3OS/c12-2-3-13-4-6-14(7-5-13)11(15)10-1-8-16-9-10/h10H,1,3-9H2. The van der Waals surface area contributed by atoms with Crippen molar-refractivity contribution in [3.63, 3.8) is 0 Å². The Kier molecular flexibility index (Phi) is 4.08. The molecule has 88 valence electrons. The third-order valence-corrected chi connectivity index (χ3v) is 4.42. The predicted molar refractivity (Wildman–Crippen MR) is 64.1 cm³/mol. The van der Waals surface area contributed by atoms with Crippen molar-refractivity contribution >= 4 is 17.7 Å². The highest BCUT2D eigenvalue weighted by Crippen LogP contribution is 2.25. The highest BCUT2D eigenvalue weighted by atomic mass is 32.2. The number of carbonyl (C=O) groups excluding carboxylic acids is 1. The molecule has 4 nitrogen and oxygen atoms in total. The van der Waals surface area contributed by atoms with Crippen molar-refractivity contribution in [2.45, 2.75) is 6.42 Å². The van der Waals surface area contributed by atoms with E-state index in [2.05, 4.69) is 11.0 Å². The minimum atomic E-state index is 0.257. The molecule has 0 aromatic rings. The third-order valence-electron chi connectivity index (χ3n) is 3.26. The van der Waals surface area contributed by atoms with Crippen LogP contribution in [0.2, 0.25) is 0 Å². The van der Waals surface area contributed by atoms with Crippen molar-refractivity contribution in [2.75, 3.05) is 44.2 Å². The van der Waals surface area contributed by atoms with Gasteiger partial charge in [-0.15, -0.1) is 0 Å². The zero-order chi connectivity index (χ0) is 11.4. The van der Waals surface area contributed by atoms with E-state index in [-0.39, 0.29) is 5.92 Å². The first-order chi connectivity index (χ1) is 7.81. The summed E-state index contributed by atoms with van der Waals surface area (Å²) in [6.45, 7) is 3.77. The zero-order valence-electron chi connectivity index (χ0n) is 9.39. The van der Waals surface area contributed by atoms with Crippen LogP contribution in [0, 0.1) is 17.2 Å². The summed E-state index contributed by atoms with van der Waals surface area (Å²) in [5.41, 5.74) is 0. The molecule has 2 rings (SSSR count). The molecule has 0 aromatic heterocycles. The SMILES string of the molecule is N#CCN1CCN(C(=O)C2CCSC2)CC1. The molecule has 0 aliphatic carbocycles. The molecule has 2 aliphatic rings. The maximum atomic E-state index is 12.1. The number of nitrogens with zero attached hydrogens (tertiary/aromatic N) is 3. The highest BCUT2D eigenvalue weighted by molar-refractivity contribution is 7.99. The van der Waals surface area contributed by atoms with Gasteiger partial charge in [-0.05, 0) is 12.2 Å². The van der Waals surface area contributed by atoms with Gasteiger partial charge >= 0.3 is 0 Å². The van der Waals surface area contributed by atoms with E-state index < -0.39 is 0 Å². The summed E-state index contributed by atoms with van der Waals surface area (Å²) in [5, 5.41) is 8.59. The van der Waals surface area contributed by atoms with Crippen LogP contribution in [0.4, 0.5) is 0 Å². The van der Waals surface area contributed by atoms with Gasteiger partial charge in [-0.3, -0.25) is 9.69 Å². The first-order valence-corrected chi connectivity index (χ1v) is 6.92. The fourth-order valence-electron chi connectivity index (χ4n) is 2.21. The molecule has 1 unspecified atom stereocenters. The van der Waals surface area contributed by atoms with Gasteiger partial charge in [0.2, 0.25) is 5.91 Å². The van der Waals surface area contributed by atoms with E-state index in [1.54, 1.807) is 0 Å². The number of piperazine rings is 1. The predicted octanol–water partition coefficient (Wildman–Crippen LogP) is 0.407. The average Bonchev–Trinajstić information content (AvgIpc) is 2.83. The molecule has 16 heavy (non-hydrogen) atoms. The number of thioether (sulfide) groups is 1. The first kappa shape index (κ1) is 11.7. The molecule has 0 spiro atoms. The van der Waals surface area contributed by atoms with Crippen molar-refractivity contribution in [3.8, 4) is 6.07 Å². The number of rotatable bonds is 2. The molecule has 2 aliphatic heterocycles. The Morgan fingerprint density at radius 1 is 1.38 bits per heavy atom. The lowest BCUT2D eigenvalue weighted by atomic mass is 10.1. The molecule has 2 heterocycles. The van der Waals surface area contributed by atoms with E-state index in [0.29, 0.717) is 12.5 Å². The van der Waals surface area contributed by atoms with Gasteiger partial charge in [-0.2, -0.15) is 17.0 Å². The Hall–Kier alpha value is -0.730. The van der Waals surface area contributed by atoms with E-state index in [1.807, 2.05) is 16.7 Å². The van der Waals surface area contributed by atoms with Gasteiger partial charge in [0.15, 0.2) is 0 Å². The molecule has 0 aromatic carbocycles. The summed E-state index contributed by atoms with van der Waals surface area (Å²) in [6, 6.07) is 2.16. The second-order valence-corrected chi connectivity index (χ2v) is 5.47. The van der Waals surface area contributed by atoms with Gasteiger partial charge in [-0.25, -0.2) is 0 Å². The van der Waals surface area contributed by atoms with Crippen molar-refractivity contribution in [2.24, 2.45) is 5.92 Å². The minimum absolute atomic E-state index is 0.257. The summed E-state index contributed by atoms with van der Waals surface area (Å²) < 4.78 is 0. The molecule has 0 saturated carbocycles. The van der Waals surface area contributed by atoms with Crippen LogP contribution in [0.15, 0.2) is 0 Å². The van der Waals surface area contributed by atoms with Crippen LogP contribution in [0.3, 0.4) is 0 Å². The Morgan fingerprint density at radius 3 is 2.69 bits per heavy atom. The van der Waals surface area contributed by atoms with Crippen molar-refractivity contribution in [1.82, 2.24) is 9.80 Å². The van der Waals surface area contributed by atoms with Gasteiger partial charge in [-0.1, -0.05) is 0 Å². The Morgan fingerprint density at radius 2 is 2.12 bits per heavy atom. The molecule has 0 N–H and O–H groups in total. The summed E-state index contributed by atoms with van der Waals surface area (Å²) in [6.07, 6.45) is 1.04. The lowest BCUT2D eigenvalue weighted by Crippen LogP contribution is -2.50. The topological polar surface area (TPSA) is 47.3 Å². The van der Waals surface area contributed by atoms with E-state index in [9.17, 15) is 4.79 Å². The Balaban J connectivity index is 1.80. The maximum absolute atomic E-state index is 12.1. The monoisotopic (exact) mass is 239 g/mol. The fourth-order valence-corrected chi connectivity index (χ4v) is 3.43. The molecule has 1 atom stereocenters. The zero-order valence-corrected chi connectivity index (χ0v) is 10.2. The fraction of sp³-hybridized carbons (Fsp3) is 0.818. The van der Waals surface area contributed by atoms with E-state index in [0.717, 1.165) is 44.1 Å². The van der Waals surface area contributed by atoms with Crippen LogP contribution in [-0.4, -0.2) is 59.9 Å². The normalized spacial score (nSPS) is 26.7. The molecular formula is C11H17N3OS. The highest BCUT2D eigenvalue weighted by Gasteiger charge is 2.29. The van der Waals surface area contributed by atoms with Crippen molar-refractivity contribution in [1.29, 1.82) is 5.26 Å². The third kappa shape index (κ3) is 2.69. The number of hydrogen-bond donors (Lipinski definition) is 0. The van der Waals surface area contributed by atoms with Gasteiger partial charge in [0.05, 0.1) is 12.6 Å². The molecule has 5 heteroatoms. The summed E-state index contributed by atoms with van der Waals surface area (Å²) in [5.74, 6) is 2.72. The van der Waals surface area contributed by atoms with Crippen LogP contribution < -0.4 is 0 Å². The summed E-state index contributed by atoms with van der Waals surface area (Å²) in [7, 11) is 0. The van der Waals surface area contributed by atoms with Crippen LogP contribution in [0.5, 0.6) is 0 Å². The van der Waals surface area contributed by atoms with Gasteiger partial charge < -0.3 is 4.90 Å². The molecule has 2 fully saturated rings. The number of hydrogen-bond acceptors (Lipinski definition) is 4. The van der Waals surface area contributed by atoms with E-state index >= 15 is 0 Å². The molecule has 2 saturated heterocycles. The lowest BCUT2D eigenvalue weighted by molar-refractivity contribution is -0.136. The van der Waals surface area contributed by atoms with Crippen molar-refractivity contribution in [3.05, 3.63) is 0 Å². The molecule has 1 amide bonds. The van der Waals surface area contributed by atoms with Crippen molar-refractivity contribution < 1.29 is 4.79 Å². The maximum Gasteiger partial charge on any atom is 0.226 e. The average molecular weight is 239 g/mol. The van der Waals surface area contributed by atoms with Crippen LogP contribution >= 0.6 is 11.8 Å². The van der Waals surface area contributed by atoms with Gasteiger partial charge in [0.1, 0.15) is 0 Å². The summed E-state index contributed by atoms with van der Waals surface area (Å²) in [4.78, 5) is 16.2. The Bertz CT molecular complexity index is 288. The van der Waals surface area contributed by atoms with E-state index in [1.165, 1.54) is 0 Å². The number of amides is 1. The second kappa shape index (κ2) is 5.55. The smallest absolute Gasteiger partial charge is 0.226 e. The van der Waals surface area contributed by atoms with Crippen LogP contribution in [-0.2, 0) is 4.79 Å². The van der Waals surface area contributed by atoms with Gasteiger partial charge in [0.25, 0.3) is 0 Å². The quantitative estimate of drug-likeness (QED) is 0.655. The molecule has 0 radical (unpaired) electrons. The molecular weight excluding hydrogens is 222 g/mol. The molecule has 0 bridgehead atoms. The number of nitriles is 1. The van der Waals surface area contributed by atoms with Crippen LogP contribution in [0.1, 0.15) is 6.42 Å². The largest absolute Gasteiger partial charge is 0.340 e. The van der Waals surface area contributed by atoms with Crippen LogP contribution in [0.25, 0.3) is 0 Å². The first-order valence-electron chi connectivity index (χ1n) is 5.77. The van der Waals surface area contributed by atoms with Gasteiger partial charge in [0, 0.05) is 37.8 Å². The minimum Gasteiger partial charge on any atom is -0.340 e. The summed E-state index contributed by atoms with van der Waals surface area (Å²) >= 11 is 1.88. The lowest BCUT2D eigenvalue weighted by Gasteiger charge is -2.34. The second-order valence-electron chi connectivity index (χ2n) is 4.32.